The number of carbonyl (C=O) groups is 3. The summed E-state index contributed by atoms with van der Waals surface area (Å²) in [6.07, 6.45) is 3.48. The number of imide groups is 1. The van der Waals surface area contributed by atoms with Crippen molar-refractivity contribution in [2.24, 2.45) is 5.92 Å². The number of carbonyl (C=O) groups excluding carboxylic acids is 3. The van der Waals surface area contributed by atoms with Gasteiger partial charge in [-0.3, -0.25) is 19.3 Å². The van der Waals surface area contributed by atoms with E-state index < -0.39 is 0 Å². The maximum absolute atomic E-state index is 13.2. The van der Waals surface area contributed by atoms with Gasteiger partial charge < -0.3 is 15.0 Å². The van der Waals surface area contributed by atoms with Crippen LogP contribution >= 0.6 is 0 Å². The lowest BCUT2D eigenvalue weighted by Crippen LogP contribution is -2.45. The van der Waals surface area contributed by atoms with Gasteiger partial charge in [-0.1, -0.05) is 6.07 Å². The summed E-state index contributed by atoms with van der Waals surface area (Å²) in [4.78, 5) is 42.0. The second-order valence-electron chi connectivity index (χ2n) is 8.50. The summed E-state index contributed by atoms with van der Waals surface area (Å²) in [7, 11) is 0. The number of fused-ring (bicyclic) bond motifs is 1. The molecule has 0 aromatic heterocycles. The molecule has 1 aromatic carbocycles. The van der Waals surface area contributed by atoms with E-state index in [9.17, 15) is 14.4 Å². The van der Waals surface area contributed by atoms with Crippen LogP contribution in [0.3, 0.4) is 0 Å². The van der Waals surface area contributed by atoms with Gasteiger partial charge in [-0.15, -0.1) is 0 Å². The first-order chi connectivity index (χ1) is 14.0. The molecule has 3 heterocycles. The third-order valence-corrected chi connectivity index (χ3v) is 5.95. The predicted molar refractivity (Wildman–Crippen MR) is 109 cm³/mol. The topological polar surface area (TPSA) is 79.0 Å². The van der Waals surface area contributed by atoms with E-state index in [4.69, 9.17) is 4.74 Å². The molecule has 0 radical (unpaired) electrons. The van der Waals surface area contributed by atoms with Crippen LogP contribution in [0.2, 0.25) is 0 Å². The highest BCUT2D eigenvalue weighted by molar-refractivity contribution is 6.23. The van der Waals surface area contributed by atoms with Gasteiger partial charge in [0.2, 0.25) is 5.91 Å². The molecule has 2 saturated heterocycles. The van der Waals surface area contributed by atoms with E-state index in [1.165, 1.54) is 4.90 Å². The van der Waals surface area contributed by atoms with Crippen molar-refractivity contribution in [1.82, 2.24) is 10.2 Å². The Hall–Kier alpha value is -2.41. The van der Waals surface area contributed by atoms with Crippen LogP contribution in [0.5, 0.6) is 0 Å². The molecule has 1 N–H and O–H groups in total. The number of nitrogens with zero attached hydrogens (tertiary/aromatic N) is 2. The van der Waals surface area contributed by atoms with E-state index in [0.717, 1.165) is 37.9 Å². The van der Waals surface area contributed by atoms with Crippen molar-refractivity contribution < 1.29 is 19.1 Å². The van der Waals surface area contributed by atoms with Gasteiger partial charge in [0.05, 0.1) is 35.4 Å². The van der Waals surface area contributed by atoms with Crippen LogP contribution in [-0.2, 0) is 9.53 Å². The van der Waals surface area contributed by atoms with Crippen LogP contribution in [0.4, 0.5) is 5.69 Å². The Labute approximate surface area is 171 Å². The van der Waals surface area contributed by atoms with E-state index in [2.05, 4.69) is 10.2 Å². The van der Waals surface area contributed by atoms with Crippen LogP contribution in [-0.4, -0.2) is 61.0 Å². The molecule has 2 fully saturated rings. The summed E-state index contributed by atoms with van der Waals surface area (Å²) < 4.78 is 5.63. The minimum Gasteiger partial charge on any atom is -0.376 e. The molecule has 4 rings (SSSR count). The molecule has 156 valence electrons. The number of ether oxygens (including phenoxy) is 1. The molecular formula is C22H29N3O4. The van der Waals surface area contributed by atoms with E-state index in [-0.39, 0.29) is 35.8 Å². The number of piperidine rings is 1. The molecule has 0 spiro atoms. The highest BCUT2D eigenvalue weighted by Crippen LogP contribution is 2.34. The van der Waals surface area contributed by atoms with E-state index in [1.807, 2.05) is 26.0 Å². The van der Waals surface area contributed by atoms with Crippen molar-refractivity contribution in [2.75, 3.05) is 31.1 Å². The highest BCUT2D eigenvalue weighted by atomic mass is 16.5. The smallest absolute Gasteiger partial charge is 0.263 e. The number of nitrogens with one attached hydrogen (secondary N) is 1. The fourth-order valence-corrected chi connectivity index (χ4v) is 4.55. The summed E-state index contributed by atoms with van der Waals surface area (Å²) in [5.41, 5.74) is 1.69. The monoisotopic (exact) mass is 399 g/mol. The Kier molecular flexibility index (Phi) is 5.58. The lowest BCUT2D eigenvalue weighted by atomic mass is 9.95. The van der Waals surface area contributed by atoms with Crippen molar-refractivity contribution in [3.05, 3.63) is 29.3 Å². The third kappa shape index (κ3) is 3.88. The lowest BCUT2D eigenvalue weighted by Gasteiger charge is -2.34. The second kappa shape index (κ2) is 8.14. The average molecular weight is 399 g/mol. The number of benzene rings is 1. The fourth-order valence-electron chi connectivity index (χ4n) is 4.55. The number of hydrogen-bond donors (Lipinski definition) is 1. The molecule has 3 aliphatic heterocycles. The molecule has 0 saturated carbocycles. The minimum atomic E-state index is -0.246. The van der Waals surface area contributed by atoms with Crippen LogP contribution in [0.15, 0.2) is 18.2 Å². The van der Waals surface area contributed by atoms with Gasteiger partial charge in [0.25, 0.3) is 11.8 Å². The van der Waals surface area contributed by atoms with Crippen molar-refractivity contribution in [1.29, 1.82) is 0 Å². The fraction of sp³-hybridized carbons (Fsp3) is 0.591. The van der Waals surface area contributed by atoms with E-state index in [0.29, 0.717) is 30.8 Å². The normalized spacial score (nSPS) is 24.4. The zero-order valence-electron chi connectivity index (χ0n) is 17.1. The van der Waals surface area contributed by atoms with Gasteiger partial charge in [-0.25, -0.2) is 0 Å². The molecule has 2 unspecified atom stereocenters. The van der Waals surface area contributed by atoms with Crippen LogP contribution in [0.1, 0.15) is 60.2 Å². The highest BCUT2D eigenvalue weighted by Gasteiger charge is 2.40. The number of anilines is 1. The Morgan fingerprint density at radius 3 is 2.76 bits per heavy atom. The summed E-state index contributed by atoms with van der Waals surface area (Å²) in [6, 6.07) is 5.54. The zero-order valence-corrected chi connectivity index (χ0v) is 17.1. The van der Waals surface area contributed by atoms with Gasteiger partial charge in [0.1, 0.15) is 0 Å². The number of rotatable bonds is 5. The zero-order chi connectivity index (χ0) is 20.5. The molecule has 1 aromatic rings. The molecule has 7 heteroatoms. The van der Waals surface area contributed by atoms with Crippen LogP contribution < -0.4 is 10.2 Å². The lowest BCUT2D eigenvalue weighted by molar-refractivity contribution is -0.125. The first-order valence-corrected chi connectivity index (χ1v) is 10.6. The summed E-state index contributed by atoms with van der Waals surface area (Å²) in [6.45, 7) is 6.24. The van der Waals surface area contributed by atoms with Gasteiger partial charge >= 0.3 is 0 Å². The molecule has 0 bridgehead atoms. The first kappa shape index (κ1) is 19.9. The van der Waals surface area contributed by atoms with Crippen molar-refractivity contribution in [2.45, 2.75) is 51.7 Å². The summed E-state index contributed by atoms with van der Waals surface area (Å²) >= 11 is 0. The average Bonchev–Trinajstić information content (AvgIpc) is 3.31. The predicted octanol–water partition coefficient (Wildman–Crippen LogP) is 2.20. The van der Waals surface area contributed by atoms with Crippen LogP contribution in [0.25, 0.3) is 0 Å². The Morgan fingerprint density at radius 2 is 2.03 bits per heavy atom. The third-order valence-electron chi connectivity index (χ3n) is 5.95. The maximum Gasteiger partial charge on any atom is 0.263 e. The number of hydrogen-bond acceptors (Lipinski definition) is 5. The Morgan fingerprint density at radius 1 is 1.21 bits per heavy atom. The summed E-state index contributed by atoms with van der Waals surface area (Å²) in [5.74, 6) is -0.546. The molecule has 7 nitrogen and oxygen atoms in total. The molecular weight excluding hydrogens is 370 g/mol. The summed E-state index contributed by atoms with van der Waals surface area (Å²) in [5, 5.41) is 2.99. The molecule has 2 atom stereocenters. The molecule has 3 aliphatic rings. The van der Waals surface area contributed by atoms with Gasteiger partial charge in [-0.2, -0.15) is 0 Å². The van der Waals surface area contributed by atoms with Crippen molar-refractivity contribution >= 4 is 23.4 Å². The molecule has 29 heavy (non-hydrogen) atoms. The first-order valence-electron chi connectivity index (χ1n) is 10.6. The van der Waals surface area contributed by atoms with E-state index >= 15 is 0 Å². The quantitative estimate of drug-likeness (QED) is 0.768. The largest absolute Gasteiger partial charge is 0.376 e. The SMILES string of the molecule is CC(C)NC(=O)C1CCCN(c2cccc3c2C(=O)N(CC2CCCO2)C3=O)C1. The van der Waals surface area contributed by atoms with Gasteiger partial charge in [0, 0.05) is 25.7 Å². The van der Waals surface area contributed by atoms with Crippen molar-refractivity contribution in [3.63, 3.8) is 0 Å². The maximum atomic E-state index is 13.2. The minimum absolute atomic E-state index is 0.0553. The molecule has 0 aliphatic carbocycles. The van der Waals surface area contributed by atoms with Gasteiger partial charge in [-0.05, 0) is 51.7 Å². The second-order valence-corrected chi connectivity index (χ2v) is 8.50. The van der Waals surface area contributed by atoms with Crippen molar-refractivity contribution in [3.8, 4) is 0 Å². The van der Waals surface area contributed by atoms with Crippen LogP contribution in [0, 0.1) is 5.92 Å². The standard InChI is InChI=1S/C22H29N3O4/c1-14(2)23-20(26)15-6-4-10-24(12-15)18-9-3-8-17-19(18)22(28)25(21(17)27)13-16-7-5-11-29-16/h3,8-9,14-16H,4-7,10-13H2,1-2H3,(H,23,26). The van der Waals surface area contributed by atoms with E-state index in [1.54, 1.807) is 6.07 Å². The van der Waals surface area contributed by atoms with Gasteiger partial charge in [0.15, 0.2) is 0 Å². The molecule has 3 amide bonds. The Bertz CT molecular complexity index is 816. The number of amides is 3. The Balaban J connectivity index is 1.56.